The van der Waals surface area contributed by atoms with Gasteiger partial charge < -0.3 is 17.2 Å². The number of hydrogen-bond donors (Lipinski definition) is 0. The van der Waals surface area contributed by atoms with Crippen LogP contribution in [0.1, 0.15) is 20.8 Å². The van der Waals surface area contributed by atoms with E-state index in [-0.39, 0.29) is 26.2 Å². The van der Waals surface area contributed by atoms with Gasteiger partial charge in [0.1, 0.15) is 0 Å². The molecule has 1 aromatic carbocycles. The molecule has 0 amide bonds. The maximum Gasteiger partial charge on any atom is 4.00 e. The molecular formula is C14H31N3SiZr. The summed E-state index contributed by atoms with van der Waals surface area (Å²) in [7, 11) is -0.981. The molecule has 0 aliphatic rings. The van der Waals surface area contributed by atoms with Gasteiger partial charge in [0.05, 0.1) is 0 Å². The zero-order chi connectivity index (χ0) is 15.0. The topological polar surface area (TPSA) is 71.4 Å². The van der Waals surface area contributed by atoms with Crippen molar-refractivity contribution in [3.8, 4) is 0 Å². The molecule has 1 aromatic rings. The van der Waals surface area contributed by atoms with Crippen LogP contribution in [0.25, 0.3) is 17.2 Å². The molecule has 0 aliphatic carbocycles. The third-order valence-electron chi connectivity index (χ3n) is 1.53. The Kier molecular flexibility index (Phi) is 30.0. The second-order valence-electron chi connectivity index (χ2n) is 4.48. The van der Waals surface area contributed by atoms with Crippen LogP contribution >= 0.6 is 0 Å². The van der Waals surface area contributed by atoms with Crippen molar-refractivity contribution in [2.75, 3.05) is 19.6 Å². The van der Waals surface area contributed by atoms with Crippen molar-refractivity contribution in [1.82, 2.24) is 0 Å². The van der Waals surface area contributed by atoms with Crippen LogP contribution in [-0.2, 0) is 26.2 Å². The molecule has 0 atom stereocenters. The standard InChI is InChI=1S/C8H13Si.3C2H6N.Zr/c1-9(2,3)8-6-4-5-7-8;3*1-2-3;/h4-7H,1-3H3;3*3H,2H2,1H3;/q4*-1;+4. The molecule has 110 valence electrons. The quantitative estimate of drug-likeness (QED) is 0.492. The van der Waals surface area contributed by atoms with Crippen LogP contribution in [-0.4, -0.2) is 27.7 Å². The third kappa shape index (κ3) is 27.5. The fourth-order valence-electron chi connectivity index (χ4n) is 0.874. The summed E-state index contributed by atoms with van der Waals surface area (Å²) < 4.78 is 0. The molecular weight excluding hydrogens is 329 g/mol. The zero-order valence-electron chi connectivity index (χ0n) is 13.4. The van der Waals surface area contributed by atoms with Gasteiger partial charge in [-0.2, -0.15) is 37.0 Å². The summed E-state index contributed by atoms with van der Waals surface area (Å²) in [5, 5.41) is 1.56. The maximum absolute atomic E-state index is 6.21. The molecule has 3 nitrogen and oxygen atoms in total. The number of rotatable bonds is 1. The van der Waals surface area contributed by atoms with Gasteiger partial charge in [0.15, 0.2) is 0 Å². The fourth-order valence-corrected chi connectivity index (χ4v) is 2.07. The van der Waals surface area contributed by atoms with Crippen molar-refractivity contribution < 1.29 is 26.2 Å². The molecule has 19 heavy (non-hydrogen) atoms. The predicted molar refractivity (Wildman–Crippen MR) is 89.6 cm³/mol. The zero-order valence-corrected chi connectivity index (χ0v) is 16.9. The Morgan fingerprint density at radius 3 is 1.11 bits per heavy atom. The molecule has 0 saturated carbocycles. The molecule has 0 unspecified atom stereocenters. The first-order valence-electron chi connectivity index (χ1n) is 6.51. The van der Waals surface area contributed by atoms with Gasteiger partial charge in [-0.15, -0.1) is 0 Å². The van der Waals surface area contributed by atoms with Gasteiger partial charge in [0.25, 0.3) is 0 Å². The monoisotopic (exact) mass is 359 g/mol. The first-order valence-corrected chi connectivity index (χ1v) is 10.0. The van der Waals surface area contributed by atoms with Crippen LogP contribution in [0.2, 0.25) is 19.6 Å². The Morgan fingerprint density at radius 1 is 0.789 bits per heavy atom. The second-order valence-corrected chi connectivity index (χ2v) is 9.56. The largest absolute Gasteiger partial charge is 4.00 e. The minimum Gasteiger partial charge on any atom is -0.678 e. The van der Waals surface area contributed by atoms with Crippen LogP contribution in [0.4, 0.5) is 0 Å². The summed E-state index contributed by atoms with van der Waals surface area (Å²) in [4.78, 5) is 0. The number of nitrogens with one attached hydrogen (secondary N) is 3. The van der Waals surface area contributed by atoms with Crippen molar-refractivity contribution >= 4 is 13.3 Å². The fraction of sp³-hybridized carbons (Fsp3) is 0.643. The third-order valence-corrected chi connectivity index (χ3v) is 3.59. The molecule has 0 spiro atoms. The van der Waals surface area contributed by atoms with Crippen LogP contribution in [0.15, 0.2) is 24.3 Å². The van der Waals surface area contributed by atoms with Gasteiger partial charge >= 0.3 is 26.2 Å². The summed E-state index contributed by atoms with van der Waals surface area (Å²) in [6, 6.07) is 8.69. The van der Waals surface area contributed by atoms with E-state index in [2.05, 4.69) is 43.9 Å². The molecule has 3 N–H and O–H groups in total. The molecule has 0 bridgehead atoms. The van der Waals surface area contributed by atoms with E-state index in [0.29, 0.717) is 19.6 Å². The van der Waals surface area contributed by atoms with Crippen molar-refractivity contribution in [2.45, 2.75) is 40.4 Å². The van der Waals surface area contributed by atoms with Gasteiger partial charge in [-0.05, 0) is 0 Å². The summed E-state index contributed by atoms with van der Waals surface area (Å²) >= 11 is 0. The van der Waals surface area contributed by atoms with Crippen molar-refractivity contribution in [2.24, 2.45) is 0 Å². The van der Waals surface area contributed by atoms with Gasteiger partial charge in [0.2, 0.25) is 0 Å². The van der Waals surface area contributed by atoms with E-state index in [0.717, 1.165) is 0 Å². The van der Waals surface area contributed by atoms with E-state index in [4.69, 9.17) is 17.2 Å². The van der Waals surface area contributed by atoms with Crippen LogP contribution < -0.4 is 5.19 Å². The van der Waals surface area contributed by atoms with Crippen LogP contribution in [0, 0.1) is 0 Å². The van der Waals surface area contributed by atoms with Gasteiger partial charge in [-0.3, -0.25) is 0 Å². The van der Waals surface area contributed by atoms with E-state index in [1.54, 1.807) is 26.0 Å². The average Bonchev–Trinajstić information content (AvgIpc) is 2.72. The van der Waals surface area contributed by atoms with Gasteiger partial charge in [-0.25, -0.2) is 12.1 Å². The maximum atomic E-state index is 6.21. The normalized spacial score (nSPS) is 8.47. The first kappa shape index (κ1) is 27.6. The Bertz CT molecular complexity index is 216. The molecule has 0 aliphatic heterocycles. The summed E-state index contributed by atoms with van der Waals surface area (Å²) in [6.07, 6.45) is 0. The van der Waals surface area contributed by atoms with E-state index in [9.17, 15) is 0 Å². The Labute approximate surface area is 140 Å². The molecule has 0 saturated heterocycles. The number of hydrogen-bond acceptors (Lipinski definition) is 0. The summed E-state index contributed by atoms with van der Waals surface area (Å²) in [6.45, 7) is 14.0. The Hall–Kier alpha value is 0.330. The smallest absolute Gasteiger partial charge is 0.678 e. The summed E-state index contributed by atoms with van der Waals surface area (Å²) in [5.74, 6) is 0. The Balaban J connectivity index is -0.0000000956. The SMILES string of the molecule is CC[NH-].CC[NH-].CC[NH-].C[Si](C)(C)[c-]1cccc1.[Zr+4]. The van der Waals surface area contributed by atoms with Crippen molar-refractivity contribution in [1.29, 1.82) is 0 Å². The molecule has 0 radical (unpaired) electrons. The van der Waals surface area contributed by atoms with E-state index < -0.39 is 8.07 Å². The second kappa shape index (κ2) is 20.6. The van der Waals surface area contributed by atoms with E-state index in [1.165, 1.54) is 0 Å². The minimum atomic E-state index is -0.981. The average molecular weight is 361 g/mol. The van der Waals surface area contributed by atoms with Gasteiger partial charge in [0, 0.05) is 8.07 Å². The molecule has 1 rings (SSSR count). The molecule has 0 heterocycles. The van der Waals surface area contributed by atoms with E-state index in [1.807, 2.05) is 0 Å². The first-order chi connectivity index (χ1) is 8.35. The molecule has 0 aromatic heterocycles. The molecule has 0 fully saturated rings. The van der Waals surface area contributed by atoms with Gasteiger partial charge in [-0.1, -0.05) is 40.4 Å². The Morgan fingerprint density at radius 2 is 1.00 bits per heavy atom. The van der Waals surface area contributed by atoms with Crippen molar-refractivity contribution in [3.05, 3.63) is 41.5 Å². The molecule has 5 heteroatoms. The minimum absolute atomic E-state index is 0. The van der Waals surface area contributed by atoms with Crippen LogP contribution in [0.3, 0.4) is 0 Å². The van der Waals surface area contributed by atoms with Crippen molar-refractivity contribution in [3.63, 3.8) is 0 Å². The van der Waals surface area contributed by atoms with E-state index >= 15 is 0 Å². The van der Waals surface area contributed by atoms with Crippen LogP contribution in [0.5, 0.6) is 0 Å². The summed E-state index contributed by atoms with van der Waals surface area (Å²) in [5.41, 5.74) is 18.6. The predicted octanol–water partition coefficient (Wildman–Crippen LogP) is 5.12.